The molecule has 0 bridgehead atoms. The largest absolute Gasteiger partial charge is 0.497 e. The number of amides is 2. The Morgan fingerprint density at radius 3 is 2.46 bits per heavy atom. The van der Waals surface area contributed by atoms with Gasteiger partial charge in [-0.2, -0.15) is 0 Å². The number of carbonyl (C=O) groups is 2. The summed E-state index contributed by atoms with van der Waals surface area (Å²) in [6, 6.07) is 22.5. The summed E-state index contributed by atoms with van der Waals surface area (Å²) in [5.41, 5.74) is 3.98. The minimum absolute atomic E-state index is 0.117. The summed E-state index contributed by atoms with van der Waals surface area (Å²) < 4.78 is 18.2. The van der Waals surface area contributed by atoms with Crippen molar-refractivity contribution in [2.24, 2.45) is 0 Å². The molecule has 0 aliphatic carbocycles. The summed E-state index contributed by atoms with van der Waals surface area (Å²) in [5.74, 6) is 1.04. The summed E-state index contributed by atoms with van der Waals surface area (Å²) >= 11 is 0. The lowest BCUT2D eigenvalue weighted by Crippen LogP contribution is -2.42. The number of nitrogens with one attached hydrogen (secondary N) is 1. The number of carbonyl (C=O) groups excluding carboxylic acids is 2. The van der Waals surface area contributed by atoms with Crippen molar-refractivity contribution in [1.82, 2.24) is 14.5 Å². The number of ether oxygens (including phenoxy) is 3. The number of hydrogen-bond acceptors (Lipinski definition) is 6. The summed E-state index contributed by atoms with van der Waals surface area (Å²) in [6.07, 6.45) is 3.54. The van der Waals surface area contributed by atoms with Gasteiger partial charge in [-0.1, -0.05) is 23.8 Å². The van der Waals surface area contributed by atoms with Gasteiger partial charge >= 0.3 is 0 Å². The number of hydrogen-bond donors (Lipinski definition) is 1. The zero-order valence-electron chi connectivity index (χ0n) is 23.5. The maximum absolute atomic E-state index is 13.6. The molecule has 0 radical (unpaired) electrons. The van der Waals surface area contributed by atoms with Gasteiger partial charge in [-0.25, -0.2) is 4.98 Å². The molecule has 2 heterocycles. The van der Waals surface area contributed by atoms with Gasteiger partial charge in [0.15, 0.2) is 0 Å². The normalized spacial score (nSPS) is 14.5. The molecule has 5 rings (SSSR count). The minimum atomic E-state index is -0.362. The molecule has 41 heavy (non-hydrogen) atoms. The Balaban J connectivity index is 1.41. The van der Waals surface area contributed by atoms with Crippen LogP contribution in [-0.4, -0.2) is 66.3 Å². The van der Waals surface area contributed by atoms with E-state index in [1.807, 2.05) is 66.2 Å². The zero-order chi connectivity index (χ0) is 28.8. The molecule has 9 nitrogen and oxygen atoms in total. The van der Waals surface area contributed by atoms with Gasteiger partial charge in [-0.15, -0.1) is 0 Å². The van der Waals surface area contributed by atoms with Crippen molar-refractivity contribution in [3.8, 4) is 28.4 Å². The van der Waals surface area contributed by atoms with Crippen molar-refractivity contribution in [3.63, 3.8) is 0 Å². The number of benzene rings is 3. The van der Waals surface area contributed by atoms with Crippen LogP contribution < -0.4 is 14.8 Å². The van der Waals surface area contributed by atoms with Crippen molar-refractivity contribution in [1.29, 1.82) is 0 Å². The number of aryl methyl sites for hydroxylation is 1. The van der Waals surface area contributed by atoms with E-state index in [0.29, 0.717) is 36.1 Å². The van der Waals surface area contributed by atoms with Crippen molar-refractivity contribution >= 4 is 17.8 Å². The van der Waals surface area contributed by atoms with Crippen molar-refractivity contribution < 1.29 is 23.8 Å². The van der Waals surface area contributed by atoms with E-state index in [2.05, 4.69) is 5.32 Å². The van der Waals surface area contributed by atoms with Crippen molar-refractivity contribution in [2.45, 2.75) is 25.9 Å². The average molecular weight is 555 g/mol. The van der Waals surface area contributed by atoms with Crippen LogP contribution in [0.4, 0.5) is 5.95 Å². The topological polar surface area (TPSA) is 94.9 Å². The van der Waals surface area contributed by atoms with Crippen LogP contribution in [0.1, 0.15) is 28.8 Å². The fourth-order valence-corrected chi connectivity index (χ4v) is 4.80. The first-order chi connectivity index (χ1) is 19.9. The maximum atomic E-state index is 13.6. The smallest absolute Gasteiger partial charge is 0.254 e. The number of rotatable bonds is 10. The number of nitrogens with zero attached hydrogens (tertiary/aromatic N) is 3. The lowest BCUT2D eigenvalue weighted by molar-refractivity contribution is -0.117. The molecule has 4 aromatic rings. The summed E-state index contributed by atoms with van der Waals surface area (Å²) in [7, 11) is 3.17. The quantitative estimate of drug-likeness (QED) is 0.292. The zero-order valence-corrected chi connectivity index (χ0v) is 23.5. The van der Waals surface area contributed by atoms with Gasteiger partial charge in [0.1, 0.15) is 18.0 Å². The molecule has 1 unspecified atom stereocenters. The molecular weight excluding hydrogens is 520 g/mol. The molecule has 1 aromatic heterocycles. The number of anilines is 1. The second-order valence-electron chi connectivity index (χ2n) is 9.98. The number of imidazole rings is 1. The second kappa shape index (κ2) is 12.7. The number of methoxy groups -OCH3 is 2. The highest BCUT2D eigenvalue weighted by Gasteiger charge is 2.26. The Bertz CT molecular complexity index is 1490. The van der Waals surface area contributed by atoms with E-state index in [9.17, 15) is 9.59 Å². The number of aromatic nitrogens is 2. The van der Waals surface area contributed by atoms with Crippen molar-refractivity contribution in [3.05, 3.63) is 90.1 Å². The predicted molar refractivity (Wildman–Crippen MR) is 157 cm³/mol. The van der Waals surface area contributed by atoms with Crippen LogP contribution >= 0.6 is 0 Å². The molecule has 9 heteroatoms. The Morgan fingerprint density at radius 1 is 1.02 bits per heavy atom. The molecule has 1 atom stereocenters. The Labute approximate surface area is 239 Å². The third-order valence-corrected chi connectivity index (χ3v) is 7.04. The molecular formula is C32H34N4O5. The van der Waals surface area contributed by atoms with E-state index in [4.69, 9.17) is 19.2 Å². The van der Waals surface area contributed by atoms with Crippen LogP contribution in [-0.2, 0) is 9.53 Å². The lowest BCUT2D eigenvalue weighted by atomic mass is 10.1. The molecule has 1 aliphatic heterocycles. The van der Waals surface area contributed by atoms with E-state index in [0.717, 1.165) is 35.4 Å². The fraction of sp³-hybridized carbons (Fsp3) is 0.281. The Hall–Kier alpha value is -4.63. The van der Waals surface area contributed by atoms with E-state index < -0.39 is 0 Å². The first-order valence-electron chi connectivity index (χ1n) is 13.6. The van der Waals surface area contributed by atoms with Gasteiger partial charge in [0.05, 0.1) is 26.0 Å². The minimum Gasteiger partial charge on any atom is -0.497 e. The molecule has 2 amide bonds. The Morgan fingerprint density at radius 2 is 1.78 bits per heavy atom. The van der Waals surface area contributed by atoms with E-state index in [1.54, 1.807) is 38.5 Å². The van der Waals surface area contributed by atoms with Gasteiger partial charge in [-0.3, -0.25) is 19.5 Å². The summed E-state index contributed by atoms with van der Waals surface area (Å²) in [6.45, 7) is 2.83. The van der Waals surface area contributed by atoms with E-state index >= 15 is 0 Å². The van der Waals surface area contributed by atoms with Crippen LogP contribution in [0.2, 0.25) is 0 Å². The standard InChI is InChI=1S/C32H34N4O5/c1-22-9-13-25(14-10-22)36-20-29(23-11-15-26(39-2)16-12-23)33-32(36)34-30(37)21-35(19-28-8-5-17-41-28)31(38)24-6-4-7-27(18-24)40-3/h4,6-7,9-16,18,20,28H,5,8,17,19,21H2,1-3H3,(H,33,34,37). The molecule has 212 valence electrons. The predicted octanol–water partition coefficient (Wildman–Crippen LogP) is 5.12. The Kier molecular flexibility index (Phi) is 8.64. The molecule has 1 N–H and O–H groups in total. The van der Waals surface area contributed by atoms with Gasteiger partial charge in [0.25, 0.3) is 5.91 Å². The molecule has 1 saturated heterocycles. The van der Waals surface area contributed by atoms with Crippen LogP contribution in [0.25, 0.3) is 16.9 Å². The third-order valence-electron chi connectivity index (χ3n) is 7.04. The first-order valence-corrected chi connectivity index (χ1v) is 13.6. The molecule has 0 spiro atoms. The van der Waals surface area contributed by atoms with Crippen LogP contribution in [0.5, 0.6) is 11.5 Å². The van der Waals surface area contributed by atoms with Crippen molar-refractivity contribution in [2.75, 3.05) is 39.2 Å². The van der Waals surface area contributed by atoms with Gasteiger partial charge < -0.3 is 19.1 Å². The lowest BCUT2D eigenvalue weighted by Gasteiger charge is -2.25. The summed E-state index contributed by atoms with van der Waals surface area (Å²) in [5, 5.41) is 2.95. The van der Waals surface area contributed by atoms with Gasteiger partial charge in [-0.05, 0) is 74.4 Å². The van der Waals surface area contributed by atoms with Crippen LogP contribution in [0.15, 0.2) is 79.0 Å². The SMILES string of the molecule is COc1ccc(-c2cn(-c3ccc(C)cc3)c(NC(=O)CN(CC3CCCO3)C(=O)c3cccc(OC)c3)n2)cc1. The van der Waals surface area contributed by atoms with Gasteiger partial charge in [0.2, 0.25) is 11.9 Å². The first kappa shape index (κ1) is 27.9. The second-order valence-corrected chi connectivity index (χ2v) is 9.98. The maximum Gasteiger partial charge on any atom is 0.254 e. The molecule has 3 aromatic carbocycles. The molecule has 1 fully saturated rings. The average Bonchev–Trinajstić information content (AvgIpc) is 3.67. The molecule has 1 aliphatic rings. The van der Waals surface area contributed by atoms with E-state index in [-0.39, 0.29) is 24.5 Å². The van der Waals surface area contributed by atoms with Crippen LogP contribution in [0, 0.1) is 6.92 Å². The highest BCUT2D eigenvalue weighted by Crippen LogP contribution is 2.26. The molecule has 0 saturated carbocycles. The highest BCUT2D eigenvalue weighted by atomic mass is 16.5. The van der Waals surface area contributed by atoms with E-state index in [1.165, 1.54) is 4.90 Å². The fourth-order valence-electron chi connectivity index (χ4n) is 4.80. The van der Waals surface area contributed by atoms with Crippen LogP contribution in [0.3, 0.4) is 0 Å². The third kappa shape index (κ3) is 6.75. The monoisotopic (exact) mass is 554 g/mol. The highest BCUT2D eigenvalue weighted by molar-refractivity contribution is 5.99. The van der Waals surface area contributed by atoms with Gasteiger partial charge in [0, 0.05) is 36.2 Å². The summed E-state index contributed by atoms with van der Waals surface area (Å²) in [4.78, 5) is 33.3.